The fourth-order valence-electron chi connectivity index (χ4n) is 2.36. The normalized spacial score (nSPS) is 29.3. The van der Waals surface area contributed by atoms with Crippen molar-refractivity contribution in [1.82, 2.24) is 0 Å². The molecule has 0 aliphatic heterocycles. The first-order valence-corrected chi connectivity index (χ1v) is 5.14. The molecule has 0 radical (unpaired) electrons. The highest BCUT2D eigenvalue weighted by molar-refractivity contribution is 5.37. The van der Waals surface area contributed by atoms with Crippen molar-refractivity contribution in [1.29, 1.82) is 0 Å². The minimum Gasteiger partial charge on any atom is -0.465 e. The third kappa shape index (κ3) is 3.02. The maximum atomic E-state index is 10.2. The van der Waals surface area contributed by atoms with E-state index in [9.17, 15) is 4.79 Å². The highest BCUT2D eigenvalue weighted by atomic mass is 16.5. The third-order valence-corrected chi connectivity index (χ3v) is 3.18. The van der Waals surface area contributed by atoms with E-state index in [1.54, 1.807) is 0 Å². The number of carbonyl (C=O) groups excluding carboxylic acids is 1. The lowest BCUT2D eigenvalue weighted by atomic mass is 9.71. The molecule has 1 aliphatic rings. The Balaban J connectivity index is 2.46. The Morgan fingerprint density at radius 3 is 2.77 bits per heavy atom. The van der Waals surface area contributed by atoms with E-state index in [4.69, 9.17) is 4.74 Å². The Kier molecular flexibility index (Phi) is 3.34. The largest absolute Gasteiger partial charge is 0.465 e. The van der Waals surface area contributed by atoms with Gasteiger partial charge in [0.05, 0.1) is 0 Å². The molecule has 0 spiro atoms. The molecule has 0 N–H and O–H groups in total. The predicted molar refractivity (Wildman–Crippen MR) is 52.4 cm³/mol. The van der Waals surface area contributed by atoms with Crippen molar-refractivity contribution in [3.63, 3.8) is 0 Å². The lowest BCUT2D eigenvalue weighted by Crippen LogP contribution is -2.30. The summed E-state index contributed by atoms with van der Waals surface area (Å²) in [6.45, 7) is 7.17. The Morgan fingerprint density at radius 2 is 2.23 bits per heavy atom. The van der Waals surface area contributed by atoms with Gasteiger partial charge < -0.3 is 4.74 Å². The monoisotopic (exact) mass is 184 g/mol. The molecule has 0 aromatic carbocycles. The third-order valence-electron chi connectivity index (χ3n) is 3.18. The second-order valence-electron chi connectivity index (χ2n) is 4.96. The van der Waals surface area contributed by atoms with Gasteiger partial charge in [-0.2, -0.15) is 0 Å². The average Bonchev–Trinajstić information content (AvgIpc) is 2.03. The molecule has 0 aromatic rings. The number of ether oxygens (including phenoxy) is 1. The first-order chi connectivity index (χ1) is 6.05. The first kappa shape index (κ1) is 10.6. The maximum Gasteiger partial charge on any atom is 0.293 e. The standard InChI is InChI=1S/C11H20O2/c1-9(13-8-12)10-5-4-6-11(2,3)7-10/h8-10H,4-7H2,1-3H3. The molecule has 2 heteroatoms. The van der Waals surface area contributed by atoms with Gasteiger partial charge in [-0.15, -0.1) is 0 Å². The summed E-state index contributed by atoms with van der Waals surface area (Å²) in [5.74, 6) is 0.564. The second kappa shape index (κ2) is 4.12. The van der Waals surface area contributed by atoms with Gasteiger partial charge in [-0.05, 0) is 37.5 Å². The smallest absolute Gasteiger partial charge is 0.293 e. The van der Waals surface area contributed by atoms with Crippen LogP contribution in [-0.2, 0) is 9.53 Å². The highest BCUT2D eigenvalue weighted by Gasteiger charge is 2.31. The average molecular weight is 184 g/mol. The van der Waals surface area contributed by atoms with Crippen LogP contribution in [0.3, 0.4) is 0 Å². The molecule has 0 heterocycles. The summed E-state index contributed by atoms with van der Waals surface area (Å²) in [5, 5.41) is 0. The fourth-order valence-corrected chi connectivity index (χ4v) is 2.36. The molecule has 2 unspecified atom stereocenters. The van der Waals surface area contributed by atoms with E-state index in [0.29, 0.717) is 17.8 Å². The summed E-state index contributed by atoms with van der Waals surface area (Å²) in [6, 6.07) is 0. The molecular formula is C11H20O2. The van der Waals surface area contributed by atoms with Gasteiger partial charge in [-0.1, -0.05) is 20.3 Å². The molecule has 13 heavy (non-hydrogen) atoms. The lowest BCUT2D eigenvalue weighted by molar-refractivity contribution is -0.136. The molecule has 0 aromatic heterocycles. The van der Waals surface area contributed by atoms with E-state index < -0.39 is 0 Å². The molecule has 2 nitrogen and oxygen atoms in total. The van der Waals surface area contributed by atoms with Crippen LogP contribution in [-0.4, -0.2) is 12.6 Å². The Hall–Kier alpha value is -0.530. The summed E-state index contributed by atoms with van der Waals surface area (Å²) in [4.78, 5) is 10.2. The topological polar surface area (TPSA) is 26.3 Å². The first-order valence-electron chi connectivity index (χ1n) is 5.14. The van der Waals surface area contributed by atoms with Crippen molar-refractivity contribution in [3.8, 4) is 0 Å². The van der Waals surface area contributed by atoms with E-state index in [1.807, 2.05) is 6.92 Å². The van der Waals surface area contributed by atoms with Crippen LogP contribution in [0.15, 0.2) is 0 Å². The SMILES string of the molecule is CC(OC=O)C1CCCC(C)(C)C1. The Morgan fingerprint density at radius 1 is 1.54 bits per heavy atom. The Bertz CT molecular complexity index is 175. The van der Waals surface area contributed by atoms with Crippen LogP contribution in [0, 0.1) is 11.3 Å². The van der Waals surface area contributed by atoms with E-state index >= 15 is 0 Å². The summed E-state index contributed by atoms with van der Waals surface area (Å²) >= 11 is 0. The number of hydrogen-bond donors (Lipinski definition) is 0. The van der Waals surface area contributed by atoms with Crippen LogP contribution in [0.5, 0.6) is 0 Å². The van der Waals surface area contributed by atoms with Gasteiger partial charge in [-0.25, -0.2) is 0 Å². The van der Waals surface area contributed by atoms with E-state index in [1.165, 1.54) is 25.7 Å². The minimum atomic E-state index is 0.0945. The van der Waals surface area contributed by atoms with Crippen LogP contribution < -0.4 is 0 Å². The molecule has 1 rings (SSSR count). The molecule has 2 atom stereocenters. The van der Waals surface area contributed by atoms with Crippen molar-refractivity contribution in [3.05, 3.63) is 0 Å². The van der Waals surface area contributed by atoms with E-state index in [0.717, 1.165) is 0 Å². The van der Waals surface area contributed by atoms with Crippen LogP contribution in [0.2, 0.25) is 0 Å². The zero-order valence-corrected chi connectivity index (χ0v) is 8.88. The van der Waals surface area contributed by atoms with Crippen LogP contribution >= 0.6 is 0 Å². The van der Waals surface area contributed by atoms with Crippen LogP contribution in [0.1, 0.15) is 46.5 Å². The zero-order chi connectivity index (χ0) is 9.90. The molecule has 0 bridgehead atoms. The van der Waals surface area contributed by atoms with E-state index in [2.05, 4.69) is 13.8 Å². The highest BCUT2D eigenvalue weighted by Crippen LogP contribution is 2.40. The lowest BCUT2D eigenvalue weighted by Gasteiger charge is -2.37. The minimum absolute atomic E-state index is 0.0945. The van der Waals surface area contributed by atoms with Gasteiger partial charge in [0, 0.05) is 0 Å². The zero-order valence-electron chi connectivity index (χ0n) is 8.88. The Labute approximate surface area is 80.7 Å². The van der Waals surface area contributed by atoms with Crippen molar-refractivity contribution in [2.45, 2.75) is 52.6 Å². The summed E-state index contributed by atoms with van der Waals surface area (Å²) < 4.78 is 4.99. The second-order valence-corrected chi connectivity index (χ2v) is 4.96. The van der Waals surface area contributed by atoms with Gasteiger partial charge in [-0.3, -0.25) is 4.79 Å². The quantitative estimate of drug-likeness (QED) is 0.630. The maximum absolute atomic E-state index is 10.2. The molecular weight excluding hydrogens is 164 g/mol. The summed E-state index contributed by atoms with van der Waals surface area (Å²) in [5.41, 5.74) is 0.434. The van der Waals surface area contributed by atoms with Gasteiger partial charge in [0.2, 0.25) is 0 Å². The molecule has 1 aliphatic carbocycles. The van der Waals surface area contributed by atoms with Crippen molar-refractivity contribution in [2.75, 3.05) is 0 Å². The van der Waals surface area contributed by atoms with Gasteiger partial charge >= 0.3 is 0 Å². The van der Waals surface area contributed by atoms with Crippen molar-refractivity contribution >= 4 is 6.47 Å². The molecule has 0 saturated heterocycles. The molecule has 0 amide bonds. The molecule has 1 fully saturated rings. The van der Waals surface area contributed by atoms with Crippen molar-refractivity contribution < 1.29 is 9.53 Å². The predicted octanol–water partition coefficient (Wildman–Crippen LogP) is 2.76. The molecule has 76 valence electrons. The fraction of sp³-hybridized carbons (Fsp3) is 0.909. The van der Waals surface area contributed by atoms with E-state index in [-0.39, 0.29) is 6.10 Å². The van der Waals surface area contributed by atoms with Crippen LogP contribution in [0.4, 0.5) is 0 Å². The summed E-state index contributed by atoms with van der Waals surface area (Å²) in [7, 11) is 0. The van der Waals surface area contributed by atoms with Crippen LogP contribution in [0.25, 0.3) is 0 Å². The molecule has 1 saturated carbocycles. The summed E-state index contributed by atoms with van der Waals surface area (Å²) in [6.07, 6.45) is 5.05. The van der Waals surface area contributed by atoms with Gasteiger partial charge in [0.1, 0.15) is 6.10 Å². The number of hydrogen-bond acceptors (Lipinski definition) is 2. The number of rotatable bonds is 3. The van der Waals surface area contributed by atoms with Crippen molar-refractivity contribution in [2.24, 2.45) is 11.3 Å². The van der Waals surface area contributed by atoms with Gasteiger partial charge in [0.15, 0.2) is 0 Å². The number of carbonyl (C=O) groups is 1. The van der Waals surface area contributed by atoms with Gasteiger partial charge in [0.25, 0.3) is 6.47 Å².